The van der Waals surface area contributed by atoms with Gasteiger partial charge in [-0.1, -0.05) is 31.2 Å². The molecule has 1 heterocycles. The van der Waals surface area contributed by atoms with E-state index in [0.717, 1.165) is 37.4 Å². The normalized spacial score (nSPS) is 19.3. The van der Waals surface area contributed by atoms with E-state index in [0.29, 0.717) is 0 Å². The number of aliphatic imine (C=N–C) groups is 1. The van der Waals surface area contributed by atoms with E-state index in [4.69, 9.17) is 0 Å². The molecule has 4 nitrogen and oxygen atoms in total. The van der Waals surface area contributed by atoms with Crippen LogP contribution in [-0.2, 0) is 13.1 Å². The number of thioether (sulfide) groups is 1. The first kappa shape index (κ1) is 18.1. The summed E-state index contributed by atoms with van der Waals surface area (Å²) in [5.74, 6) is 2.22. The van der Waals surface area contributed by atoms with E-state index in [2.05, 4.69) is 77.2 Å². The molecule has 0 spiro atoms. The minimum atomic E-state index is 0.728. The van der Waals surface area contributed by atoms with Gasteiger partial charge in [0.25, 0.3) is 0 Å². The second kappa shape index (κ2) is 9.18. The molecule has 1 fully saturated rings. The van der Waals surface area contributed by atoms with E-state index in [-0.39, 0.29) is 0 Å². The summed E-state index contributed by atoms with van der Waals surface area (Å²) in [4.78, 5) is 9.07. The van der Waals surface area contributed by atoms with Gasteiger partial charge in [0.2, 0.25) is 0 Å². The van der Waals surface area contributed by atoms with Crippen molar-refractivity contribution in [2.75, 3.05) is 40.0 Å². The molecular weight excluding hydrogens is 304 g/mol. The van der Waals surface area contributed by atoms with Crippen molar-refractivity contribution in [3.05, 3.63) is 35.4 Å². The van der Waals surface area contributed by atoms with Crippen molar-refractivity contribution >= 4 is 17.7 Å². The molecular formula is C18H30N4S. The summed E-state index contributed by atoms with van der Waals surface area (Å²) in [7, 11) is 6.09. The summed E-state index contributed by atoms with van der Waals surface area (Å²) in [5.41, 5.74) is 2.66. The van der Waals surface area contributed by atoms with Crippen LogP contribution in [0.25, 0.3) is 0 Å². The second-order valence-electron chi connectivity index (χ2n) is 6.31. The maximum Gasteiger partial charge on any atom is 0.193 e. The summed E-state index contributed by atoms with van der Waals surface area (Å²) in [6, 6.07) is 8.79. The number of rotatable bonds is 5. The molecule has 0 amide bonds. The van der Waals surface area contributed by atoms with Crippen LogP contribution in [0.15, 0.2) is 29.3 Å². The van der Waals surface area contributed by atoms with Crippen molar-refractivity contribution < 1.29 is 0 Å². The van der Waals surface area contributed by atoms with E-state index in [1.54, 1.807) is 0 Å². The van der Waals surface area contributed by atoms with E-state index in [1.165, 1.54) is 23.3 Å². The standard InChI is InChI=1S/C18H30N4S/c1-5-17-14-22(9-10-23-17)18(19-2)20-12-15-7-6-8-16(11-15)13-21(3)4/h6-8,11,17H,5,9-10,12-14H2,1-4H3,(H,19,20). The Labute approximate surface area is 145 Å². The Kier molecular flexibility index (Phi) is 7.24. The molecule has 0 radical (unpaired) electrons. The average Bonchev–Trinajstić information content (AvgIpc) is 2.55. The number of benzene rings is 1. The third kappa shape index (κ3) is 5.74. The molecule has 1 N–H and O–H groups in total. The molecule has 1 atom stereocenters. The second-order valence-corrected chi connectivity index (χ2v) is 7.71. The lowest BCUT2D eigenvalue weighted by Crippen LogP contribution is -2.47. The molecule has 1 aliphatic heterocycles. The van der Waals surface area contributed by atoms with Crippen molar-refractivity contribution in [2.24, 2.45) is 4.99 Å². The average molecular weight is 335 g/mol. The van der Waals surface area contributed by atoms with Gasteiger partial charge in [-0.25, -0.2) is 0 Å². The first-order valence-electron chi connectivity index (χ1n) is 8.42. The number of hydrogen-bond acceptors (Lipinski definition) is 3. The summed E-state index contributed by atoms with van der Waals surface area (Å²) in [5, 5.41) is 4.26. The van der Waals surface area contributed by atoms with Gasteiger partial charge >= 0.3 is 0 Å². The maximum atomic E-state index is 4.48. The molecule has 1 unspecified atom stereocenters. The van der Waals surface area contributed by atoms with Gasteiger partial charge in [-0.05, 0) is 31.6 Å². The number of guanidine groups is 1. The summed E-state index contributed by atoms with van der Waals surface area (Å²) >= 11 is 2.09. The van der Waals surface area contributed by atoms with E-state index < -0.39 is 0 Å². The first-order chi connectivity index (χ1) is 11.1. The third-order valence-electron chi connectivity index (χ3n) is 4.05. The Bertz CT molecular complexity index is 515. The fourth-order valence-corrected chi connectivity index (χ4v) is 4.06. The van der Waals surface area contributed by atoms with Crippen LogP contribution in [-0.4, -0.2) is 61.0 Å². The van der Waals surface area contributed by atoms with Gasteiger partial charge in [0.05, 0.1) is 0 Å². The van der Waals surface area contributed by atoms with Gasteiger partial charge in [0.1, 0.15) is 0 Å². The zero-order chi connectivity index (χ0) is 16.7. The molecule has 0 aliphatic carbocycles. The van der Waals surface area contributed by atoms with Crippen molar-refractivity contribution in [3.63, 3.8) is 0 Å². The van der Waals surface area contributed by atoms with Gasteiger partial charge in [0, 0.05) is 44.2 Å². The third-order valence-corrected chi connectivity index (χ3v) is 5.42. The lowest BCUT2D eigenvalue weighted by molar-refractivity contribution is 0.402. The Hall–Kier alpha value is -1.20. The lowest BCUT2D eigenvalue weighted by atomic mass is 10.1. The highest BCUT2D eigenvalue weighted by atomic mass is 32.2. The summed E-state index contributed by atoms with van der Waals surface area (Å²) < 4.78 is 0. The fourth-order valence-electron chi connectivity index (χ4n) is 2.88. The van der Waals surface area contributed by atoms with Gasteiger partial charge in [-0.3, -0.25) is 4.99 Å². The Morgan fingerprint density at radius 3 is 2.87 bits per heavy atom. The molecule has 2 rings (SSSR count). The molecule has 1 saturated heterocycles. The monoisotopic (exact) mass is 334 g/mol. The Morgan fingerprint density at radius 2 is 2.17 bits per heavy atom. The minimum Gasteiger partial charge on any atom is -0.352 e. The maximum absolute atomic E-state index is 4.48. The van der Waals surface area contributed by atoms with Crippen LogP contribution in [0.5, 0.6) is 0 Å². The Balaban J connectivity index is 1.93. The van der Waals surface area contributed by atoms with E-state index >= 15 is 0 Å². The molecule has 23 heavy (non-hydrogen) atoms. The van der Waals surface area contributed by atoms with Crippen LogP contribution in [0.2, 0.25) is 0 Å². The fraction of sp³-hybridized carbons (Fsp3) is 0.611. The topological polar surface area (TPSA) is 30.9 Å². The summed E-state index contributed by atoms with van der Waals surface area (Å²) in [6.07, 6.45) is 1.23. The highest BCUT2D eigenvalue weighted by Crippen LogP contribution is 2.21. The van der Waals surface area contributed by atoms with Crippen molar-refractivity contribution in [1.29, 1.82) is 0 Å². The highest BCUT2D eigenvalue weighted by molar-refractivity contribution is 8.00. The SMILES string of the molecule is CCC1CN(C(=NC)NCc2cccc(CN(C)C)c2)CCS1. The van der Waals surface area contributed by atoms with Crippen molar-refractivity contribution in [2.45, 2.75) is 31.7 Å². The smallest absolute Gasteiger partial charge is 0.193 e. The van der Waals surface area contributed by atoms with Gasteiger partial charge in [0.15, 0.2) is 5.96 Å². The molecule has 1 aliphatic rings. The van der Waals surface area contributed by atoms with Gasteiger partial charge < -0.3 is 15.1 Å². The van der Waals surface area contributed by atoms with Crippen molar-refractivity contribution in [3.8, 4) is 0 Å². The van der Waals surface area contributed by atoms with Crippen LogP contribution in [0.3, 0.4) is 0 Å². The molecule has 0 aromatic heterocycles. The molecule has 0 saturated carbocycles. The van der Waals surface area contributed by atoms with Crippen LogP contribution >= 0.6 is 11.8 Å². The predicted molar refractivity (Wildman–Crippen MR) is 102 cm³/mol. The summed E-state index contributed by atoms with van der Waals surface area (Å²) in [6.45, 7) is 6.26. The van der Waals surface area contributed by atoms with Gasteiger partial charge in [-0.2, -0.15) is 11.8 Å². The predicted octanol–water partition coefficient (Wildman–Crippen LogP) is 2.65. The zero-order valence-corrected chi connectivity index (χ0v) is 15.7. The molecule has 5 heteroatoms. The van der Waals surface area contributed by atoms with Crippen LogP contribution in [0.4, 0.5) is 0 Å². The van der Waals surface area contributed by atoms with E-state index in [9.17, 15) is 0 Å². The zero-order valence-electron chi connectivity index (χ0n) is 14.9. The van der Waals surface area contributed by atoms with Gasteiger partial charge in [-0.15, -0.1) is 0 Å². The van der Waals surface area contributed by atoms with Crippen LogP contribution in [0, 0.1) is 0 Å². The molecule has 1 aromatic rings. The van der Waals surface area contributed by atoms with Crippen molar-refractivity contribution in [1.82, 2.24) is 15.1 Å². The van der Waals surface area contributed by atoms with Crippen LogP contribution in [0.1, 0.15) is 24.5 Å². The number of hydrogen-bond donors (Lipinski definition) is 1. The first-order valence-corrected chi connectivity index (χ1v) is 9.47. The van der Waals surface area contributed by atoms with Crippen LogP contribution < -0.4 is 5.32 Å². The number of nitrogens with zero attached hydrogens (tertiary/aromatic N) is 3. The van der Waals surface area contributed by atoms with E-state index in [1.807, 2.05) is 7.05 Å². The largest absolute Gasteiger partial charge is 0.352 e. The number of nitrogens with one attached hydrogen (secondary N) is 1. The molecule has 0 bridgehead atoms. The Morgan fingerprint density at radius 1 is 1.39 bits per heavy atom. The molecule has 1 aromatic carbocycles. The molecule has 128 valence electrons. The minimum absolute atomic E-state index is 0.728. The highest BCUT2D eigenvalue weighted by Gasteiger charge is 2.21. The quantitative estimate of drug-likeness (QED) is 0.662. The lowest BCUT2D eigenvalue weighted by Gasteiger charge is -2.34.